The molecule has 0 saturated carbocycles. The first-order chi connectivity index (χ1) is 7.24. The van der Waals surface area contributed by atoms with Crippen molar-refractivity contribution in [3.8, 4) is 0 Å². The predicted molar refractivity (Wildman–Crippen MR) is 60.9 cm³/mol. The summed E-state index contributed by atoms with van der Waals surface area (Å²) in [4.78, 5) is 3.38. The number of hydrogen-bond acceptors (Lipinski definition) is 0. The second kappa shape index (κ2) is 4.94. The van der Waals surface area contributed by atoms with Crippen LogP contribution in [0.25, 0.3) is 21.8 Å². The largest absolute Gasteiger partial charge is 1.00 e. The predicted octanol–water partition coefficient (Wildman–Crippen LogP) is -4.92. The molecule has 1 heterocycles. The normalized spacial score (nSPS) is 10.0. The summed E-state index contributed by atoms with van der Waals surface area (Å²) < 4.78 is 0. The van der Waals surface area contributed by atoms with E-state index in [-0.39, 0.29) is 24.8 Å². The molecule has 0 saturated heterocycles. The zero-order valence-corrected chi connectivity index (χ0v) is 10.6. The second-order valence-corrected chi connectivity index (χ2v) is 3.88. The van der Waals surface area contributed by atoms with Crippen LogP contribution in [0.3, 0.4) is 0 Å². The maximum atomic E-state index is 3.95. The van der Waals surface area contributed by atoms with Gasteiger partial charge in [0.05, 0.1) is 0 Å². The number of fused-ring (bicyclic) bond motifs is 3. The molecular formula is C12H13Cl2N3. The van der Waals surface area contributed by atoms with Gasteiger partial charge in [-0.1, -0.05) is 0 Å². The molecule has 0 atom stereocenters. The molecule has 2 aromatic carbocycles. The lowest BCUT2D eigenvalue weighted by atomic mass is 10.1. The number of aromatic nitrogens is 1. The zero-order valence-electron chi connectivity index (χ0n) is 9.13. The number of H-pyrrole nitrogens is 1. The van der Waals surface area contributed by atoms with E-state index in [1.165, 1.54) is 10.8 Å². The third kappa shape index (κ3) is 2.23. The lowest BCUT2D eigenvalue weighted by Crippen LogP contribution is -3.00. The van der Waals surface area contributed by atoms with E-state index in [2.05, 4.69) is 40.7 Å². The fraction of sp³-hybridized carbons (Fsp3) is 0. The molecule has 7 N–H and O–H groups in total. The van der Waals surface area contributed by atoms with Crippen LogP contribution in [-0.4, -0.2) is 4.98 Å². The van der Waals surface area contributed by atoms with Crippen molar-refractivity contribution in [1.82, 2.24) is 4.98 Å². The molecule has 0 radical (unpaired) electrons. The Bertz CT molecular complexity index is 605. The molecule has 3 nitrogen and oxygen atoms in total. The van der Waals surface area contributed by atoms with E-state index in [0.29, 0.717) is 0 Å². The fourth-order valence-corrected chi connectivity index (χ4v) is 1.99. The van der Waals surface area contributed by atoms with Gasteiger partial charge < -0.3 is 41.3 Å². The molecule has 5 heteroatoms. The summed E-state index contributed by atoms with van der Waals surface area (Å²) in [5.41, 5.74) is 12.3. The summed E-state index contributed by atoms with van der Waals surface area (Å²) in [5.74, 6) is 0. The van der Waals surface area contributed by atoms with Gasteiger partial charge in [0.1, 0.15) is 11.4 Å². The molecule has 0 spiro atoms. The zero-order chi connectivity index (χ0) is 10.4. The highest BCUT2D eigenvalue weighted by molar-refractivity contribution is 6.08. The Morgan fingerprint density at radius 1 is 0.706 bits per heavy atom. The van der Waals surface area contributed by atoms with Gasteiger partial charge in [-0.05, 0) is 12.1 Å². The molecule has 3 aromatic rings. The van der Waals surface area contributed by atoms with E-state index < -0.39 is 0 Å². The van der Waals surface area contributed by atoms with E-state index in [4.69, 9.17) is 0 Å². The minimum atomic E-state index is 0. The number of quaternary nitrogens is 2. The Hall–Kier alpha value is -1.26. The fourth-order valence-electron chi connectivity index (χ4n) is 1.99. The first kappa shape index (κ1) is 13.8. The average Bonchev–Trinajstić information content (AvgIpc) is 2.56. The summed E-state index contributed by atoms with van der Waals surface area (Å²) in [6.45, 7) is 0. The molecule has 3 rings (SSSR count). The summed E-state index contributed by atoms with van der Waals surface area (Å²) in [6, 6.07) is 12.4. The van der Waals surface area contributed by atoms with Gasteiger partial charge in [0, 0.05) is 46.1 Å². The second-order valence-electron chi connectivity index (χ2n) is 3.88. The van der Waals surface area contributed by atoms with Crippen LogP contribution in [0, 0.1) is 0 Å². The molecule has 0 amide bonds. The van der Waals surface area contributed by atoms with Gasteiger partial charge in [-0.25, -0.2) is 0 Å². The number of rotatable bonds is 0. The Balaban J connectivity index is 0.000000722. The molecule has 0 bridgehead atoms. The van der Waals surface area contributed by atoms with Crippen LogP contribution in [0.4, 0.5) is 11.4 Å². The number of hydrogen-bond donors (Lipinski definition) is 3. The van der Waals surface area contributed by atoms with Crippen molar-refractivity contribution in [2.24, 2.45) is 0 Å². The molecule has 0 fully saturated rings. The number of nitrogens with one attached hydrogen (secondary N) is 1. The van der Waals surface area contributed by atoms with E-state index in [9.17, 15) is 0 Å². The summed E-state index contributed by atoms with van der Waals surface area (Å²) in [6.07, 6.45) is 0. The van der Waals surface area contributed by atoms with Gasteiger partial charge in [0.25, 0.3) is 0 Å². The van der Waals surface area contributed by atoms with E-state index in [1.807, 2.05) is 12.1 Å². The first-order valence-corrected chi connectivity index (χ1v) is 4.93. The highest BCUT2D eigenvalue weighted by Crippen LogP contribution is 2.27. The molecule has 0 aliphatic carbocycles. The minimum absolute atomic E-state index is 0. The van der Waals surface area contributed by atoms with Crippen LogP contribution in [0.1, 0.15) is 0 Å². The van der Waals surface area contributed by atoms with Crippen molar-refractivity contribution >= 4 is 33.2 Å². The van der Waals surface area contributed by atoms with Crippen molar-refractivity contribution in [3.63, 3.8) is 0 Å². The van der Waals surface area contributed by atoms with Crippen molar-refractivity contribution < 1.29 is 36.3 Å². The molecule has 0 aliphatic heterocycles. The lowest BCUT2D eigenvalue weighted by molar-refractivity contribution is -0.255. The SMILES string of the molecule is [Cl-].[Cl-].[NH3+]c1ccc2[nH]c3ccc([NH3+])cc3c2c1. The lowest BCUT2D eigenvalue weighted by Gasteiger charge is -1.91. The molecule has 0 aliphatic rings. The third-order valence-electron chi connectivity index (χ3n) is 2.73. The van der Waals surface area contributed by atoms with Crippen molar-refractivity contribution in [3.05, 3.63) is 36.4 Å². The highest BCUT2D eigenvalue weighted by Gasteiger charge is 2.05. The third-order valence-corrected chi connectivity index (χ3v) is 2.73. The molecule has 1 aromatic heterocycles. The average molecular weight is 270 g/mol. The van der Waals surface area contributed by atoms with Crippen LogP contribution >= 0.6 is 0 Å². The summed E-state index contributed by atoms with van der Waals surface area (Å²) >= 11 is 0. The Labute approximate surface area is 111 Å². The molecular weight excluding hydrogens is 257 g/mol. The van der Waals surface area contributed by atoms with E-state index in [0.717, 1.165) is 22.4 Å². The van der Waals surface area contributed by atoms with Crippen LogP contribution in [-0.2, 0) is 0 Å². The quantitative estimate of drug-likeness (QED) is 0.366. The first-order valence-electron chi connectivity index (χ1n) is 4.93. The maximum Gasteiger partial charge on any atom is 0.128 e. The number of benzene rings is 2. The molecule has 0 unspecified atom stereocenters. The Morgan fingerprint density at radius 2 is 1.12 bits per heavy atom. The van der Waals surface area contributed by atoms with Gasteiger partial charge >= 0.3 is 0 Å². The monoisotopic (exact) mass is 269 g/mol. The van der Waals surface area contributed by atoms with Crippen LogP contribution in [0.2, 0.25) is 0 Å². The van der Waals surface area contributed by atoms with Crippen molar-refractivity contribution in [2.45, 2.75) is 0 Å². The maximum absolute atomic E-state index is 3.95. The van der Waals surface area contributed by atoms with Crippen molar-refractivity contribution in [2.75, 3.05) is 0 Å². The van der Waals surface area contributed by atoms with Crippen LogP contribution < -0.4 is 36.3 Å². The van der Waals surface area contributed by atoms with Gasteiger partial charge in [-0.3, -0.25) is 0 Å². The molecule has 90 valence electrons. The topological polar surface area (TPSA) is 71.1 Å². The molecule has 17 heavy (non-hydrogen) atoms. The van der Waals surface area contributed by atoms with E-state index in [1.54, 1.807) is 0 Å². The van der Waals surface area contributed by atoms with Gasteiger partial charge in [-0.15, -0.1) is 0 Å². The van der Waals surface area contributed by atoms with E-state index >= 15 is 0 Å². The summed E-state index contributed by atoms with van der Waals surface area (Å²) in [7, 11) is 0. The van der Waals surface area contributed by atoms with Gasteiger partial charge in [0.15, 0.2) is 0 Å². The van der Waals surface area contributed by atoms with Crippen LogP contribution in [0.5, 0.6) is 0 Å². The van der Waals surface area contributed by atoms with Gasteiger partial charge in [0.2, 0.25) is 0 Å². The van der Waals surface area contributed by atoms with Gasteiger partial charge in [-0.2, -0.15) is 0 Å². The summed E-state index contributed by atoms with van der Waals surface area (Å²) in [5, 5.41) is 2.45. The minimum Gasteiger partial charge on any atom is -1.00 e. The standard InChI is InChI=1S/C12H11N3.2ClH/c13-7-1-3-11-9(5-7)10-6-8(14)2-4-12(10)15-11;;/h1-6,15H,13-14H2;2*1H. The smallest absolute Gasteiger partial charge is 0.128 e. The van der Waals surface area contributed by atoms with Crippen LogP contribution in [0.15, 0.2) is 36.4 Å². The Kier molecular flexibility index (Phi) is 4.01. The highest BCUT2D eigenvalue weighted by atomic mass is 35.5. The number of halogens is 2. The van der Waals surface area contributed by atoms with Crippen molar-refractivity contribution in [1.29, 1.82) is 0 Å². The Morgan fingerprint density at radius 3 is 1.53 bits per heavy atom. The number of aromatic amines is 1.